The second kappa shape index (κ2) is 9.38. The molecule has 1 aromatic rings. The van der Waals surface area contributed by atoms with Crippen LogP contribution in [0.25, 0.3) is 0 Å². The molecule has 3 unspecified atom stereocenters. The smallest absolute Gasteiger partial charge is 0.225 e. The minimum Gasteiger partial charge on any atom is -0.491 e. The number of methoxy groups -OCH3 is 1. The molecule has 1 aliphatic rings. The standard InChI is InChI=1S/C22H33NO4/c1-7-10-23(5)22(25)15(3)18-9-8-17-14(2)13-19(27-12-11-26-6)16(4)20(17)21(18)24/h7,13,15,18,21,24H,1,8-12H2,2-6H3. The van der Waals surface area contributed by atoms with Gasteiger partial charge in [-0.25, -0.2) is 0 Å². The van der Waals surface area contributed by atoms with Gasteiger partial charge in [0.15, 0.2) is 0 Å². The monoisotopic (exact) mass is 375 g/mol. The number of carbonyl (C=O) groups excluding carboxylic acids is 1. The van der Waals surface area contributed by atoms with Crippen LogP contribution in [0.15, 0.2) is 18.7 Å². The van der Waals surface area contributed by atoms with Crippen molar-refractivity contribution >= 4 is 5.91 Å². The molecule has 0 heterocycles. The maximum Gasteiger partial charge on any atom is 0.225 e. The van der Waals surface area contributed by atoms with E-state index in [1.807, 2.05) is 19.9 Å². The lowest BCUT2D eigenvalue weighted by atomic mass is 9.72. The highest BCUT2D eigenvalue weighted by atomic mass is 16.5. The van der Waals surface area contributed by atoms with Gasteiger partial charge in [0, 0.05) is 32.5 Å². The summed E-state index contributed by atoms with van der Waals surface area (Å²) in [7, 11) is 3.42. The summed E-state index contributed by atoms with van der Waals surface area (Å²) in [4.78, 5) is 14.4. The van der Waals surface area contributed by atoms with Gasteiger partial charge in [0.25, 0.3) is 0 Å². The van der Waals surface area contributed by atoms with Gasteiger partial charge in [-0.15, -0.1) is 6.58 Å². The van der Waals surface area contributed by atoms with Gasteiger partial charge in [-0.1, -0.05) is 13.0 Å². The molecule has 0 saturated heterocycles. The molecule has 2 rings (SSSR count). The molecule has 150 valence electrons. The molecule has 1 amide bonds. The van der Waals surface area contributed by atoms with Crippen LogP contribution in [0, 0.1) is 25.7 Å². The van der Waals surface area contributed by atoms with Gasteiger partial charge in [-0.05, 0) is 55.0 Å². The summed E-state index contributed by atoms with van der Waals surface area (Å²) < 4.78 is 10.9. The van der Waals surface area contributed by atoms with Crippen LogP contribution in [-0.2, 0) is 16.0 Å². The number of amides is 1. The Bertz CT molecular complexity index is 685. The predicted molar refractivity (Wildman–Crippen MR) is 107 cm³/mol. The van der Waals surface area contributed by atoms with Crippen LogP contribution in [-0.4, -0.2) is 49.8 Å². The fourth-order valence-corrected chi connectivity index (χ4v) is 4.10. The third-order valence-electron chi connectivity index (χ3n) is 5.71. The topological polar surface area (TPSA) is 59.0 Å². The van der Waals surface area contributed by atoms with Gasteiger partial charge in [0.05, 0.1) is 12.7 Å². The predicted octanol–water partition coefficient (Wildman–Crippen LogP) is 3.20. The third-order valence-corrected chi connectivity index (χ3v) is 5.71. The number of hydrogen-bond acceptors (Lipinski definition) is 4. The molecule has 5 nitrogen and oxygen atoms in total. The molecule has 1 aliphatic carbocycles. The fourth-order valence-electron chi connectivity index (χ4n) is 4.10. The number of carbonyl (C=O) groups is 1. The molecule has 0 aromatic heterocycles. The Morgan fingerprint density at radius 1 is 1.44 bits per heavy atom. The number of likely N-dealkylation sites (N-methyl/N-ethyl adjacent to an activating group) is 1. The van der Waals surface area contributed by atoms with Crippen LogP contribution >= 0.6 is 0 Å². The minimum absolute atomic E-state index is 0.0456. The molecule has 0 saturated carbocycles. The van der Waals surface area contributed by atoms with Crippen molar-refractivity contribution < 1.29 is 19.4 Å². The number of fused-ring (bicyclic) bond motifs is 1. The Labute approximate surface area is 163 Å². The second-order valence-electron chi connectivity index (χ2n) is 7.49. The normalized spacial score (nSPS) is 19.9. The minimum atomic E-state index is -0.672. The van der Waals surface area contributed by atoms with Crippen LogP contribution in [0.5, 0.6) is 5.75 Å². The second-order valence-corrected chi connectivity index (χ2v) is 7.49. The van der Waals surface area contributed by atoms with E-state index in [0.717, 1.165) is 35.3 Å². The Morgan fingerprint density at radius 3 is 2.78 bits per heavy atom. The lowest BCUT2D eigenvalue weighted by molar-refractivity contribution is -0.137. The van der Waals surface area contributed by atoms with Gasteiger partial charge < -0.3 is 19.5 Å². The molecule has 0 fully saturated rings. The molecule has 1 N–H and O–H groups in total. The van der Waals surface area contributed by atoms with Crippen LogP contribution in [0.4, 0.5) is 0 Å². The maximum atomic E-state index is 12.7. The third kappa shape index (κ3) is 4.53. The number of aryl methyl sites for hydroxylation is 1. The molecule has 0 aliphatic heterocycles. The van der Waals surface area contributed by atoms with Crippen LogP contribution in [0.2, 0.25) is 0 Å². The van der Waals surface area contributed by atoms with E-state index in [-0.39, 0.29) is 17.7 Å². The Kier molecular flexibility index (Phi) is 7.45. The summed E-state index contributed by atoms with van der Waals surface area (Å²) in [6.45, 7) is 11.2. The van der Waals surface area contributed by atoms with Gasteiger partial charge in [-0.3, -0.25) is 4.79 Å². The molecule has 1 aromatic carbocycles. The van der Waals surface area contributed by atoms with Crippen LogP contribution in [0.1, 0.15) is 41.7 Å². The summed E-state index contributed by atoms with van der Waals surface area (Å²) in [6, 6.07) is 2.04. The van der Waals surface area contributed by atoms with Crippen molar-refractivity contribution in [1.82, 2.24) is 4.90 Å². The molecule has 3 atom stereocenters. The summed E-state index contributed by atoms with van der Waals surface area (Å²) in [6.07, 6.45) is 2.71. The van der Waals surface area contributed by atoms with Crippen LogP contribution in [0.3, 0.4) is 0 Å². The van der Waals surface area contributed by atoms with E-state index in [0.29, 0.717) is 19.8 Å². The summed E-state index contributed by atoms with van der Waals surface area (Å²) in [5.41, 5.74) is 4.21. The SMILES string of the molecule is C=CCN(C)C(=O)C(C)C1CCc2c(C)cc(OCCOC)c(C)c2C1O. The summed E-state index contributed by atoms with van der Waals surface area (Å²) in [5.74, 6) is 0.468. The molecular weight excluding hydrogens is 342 g/mol. The van der Waals surface area contributed by atoms with Gasteiger partial charge in [0.1, 0.15) is 12.4 Å². The van der Waals surface area contributed by atoms with E-state index in [1.165, 1.54) is 5.56 Å². The van der Waals surface area contributed by atoms with E-state index >= 15 is 0 Å². The first kappa shape index (κ1) is 21.5. The van der Waals surface area contributed by atoms with Crippen LogP contribution < -0.4 is 4.74 Å². The summed E-state index contributed by atoms with van der Waals surface area (Å²) in [5, 5.41) is 11.2. The van der Waals surface area contributed by atoms with Gasteiger partial charge in [-0.2, -0.15) is 0 Å². The first-order valence-corrected chi connectivity index (χ1v) is 9.62. The molecule has 5 heteroatoms. The van der Waals surface area contributed by atoms with Crippen molar-refractivity contribution in [2.45, 2.75) is 39.7 Å². The molecule has 27 heavy (non-hydrogen) atoms. The number of hydrogen-bond donors (Lipinski definition) is 1. The Hall–Kier alpha value is -1.85. The highest BCUT2D eigenvalue weighted by Gasteiger charge is 2.37. The zero-order chi connectivity index (χ0) is 20.1. The number of aliphatic hydroxyl groups is 1. The Morgan fingerprint density at radius 2 is 2.15 bits per heavy atom. The average molecular weight is 376 g/mol. The lowest BCUT2D eigenvalue weighted by Crippen LogP contribution is -2.39. The van der Waals surface area contributed by atoms with Crippen molar-refractivity contribution in [1.29, 1.82) is 0 Å². The number of ether oxygens (including phenoxy) is 2. The van der Waals surface area contributed by atoms with E-state index in [1.54, 1.807) is 25.1 Å². The van der Waals surface area contributed by atoms with E-state index in [4.69, 9.17) is 9.47 Å². The largest absolute Gasteiger partial charge is 0.491 e. The van der Waals surface area contributed by atoms with E-state index in [2.05, 4.69) is 13.5 Å². The number of rotatable bonds is 8. The van der Waals surface area contributed by atoms with Gasteiger partial charge in [0.2, 0.25) is 5.91 Å². The Balaban J connectivity index is 2.30. The quantitative estimate of drug-likeness (QED) is 0.560. The van der Waals surface area contributed by atoms with E-state index < -0.39 is 6.10 Å². The number of aliphatic hydroxyl groups excluding tert-OH is 1. The number of nitrogens with zero attached hydrogens (tertiary/aromatic N) is 1. The van der Waals surface area contributed by atoms with E-state index in [9.17, 15) is 9.90 Å². The van der Waals surface area contributed by atoms with Crippen molar-refractivity contribution in [3.05, 3.63) is 41.0 Å². The zero-order valence-corrected chi connectivity index (χ0v) is 17.2. The van der Waals surface area contributed by atoms with Crippen molar-refractivity contribution in [2.75, 3.05) is 33.9 Å². The molecule has 0 radical (unpaired) electrons. The number of benzene rings is 1. The highest BCUT2D eigenvalue weighted by molar-refractivity contribution is 5.79. The first-order chi connectivity index (χ1) is 12.8. The lowest BCUT2D eigenvalue weighted by Gasteiger charge is -2.37. The molecule has 0 spiro atoms. The molecule has 0 bridgehead atoms. The van der Waals surface area contributed by atoms with Crippen molar-refractivity contribution in [3.63, 3.8) is 0 Å². The molecular formula is C22H33NO4. The maximum absolute atomic E-state index is 12.7. The summed E-state index contributed by atoms with van der Waals surface area (Å²) >= 11 is 0. The first-order valence-electron chi connectivity index (χ1n) is 9.62. The average Bonchev–Trinajstić information content (AvgIpc) is 2.64. The van der Waals surface area contributed by atoms with Crippen molar-refractivity contribution in [2.24, 2.45) is 11.8 Å². The zero-order valence-electron chi connectivity index (χ0n) is 17.2. The highest BCUT2D eigenvalue weighted by Crippen LogP contribution is 2.44. The van der Waals surface area contributed by atoms with Crippen molar-refractivity contribution in [3.8, 4) is 5.75 Å². The fraction of sp³-hybridized carbons (Fsp3) is 0.591. The van der Waals surface area contributed by atoms with Gasteiger partial charge >= 0.3 is 0 Å².